The number of unbranched alkanes of at least 4 members (excludes halogenated alkanes) is 1. The smallest absolute Gasteiger partial charge is 0.0574 e. The summed E-state index contributed by atoms with van der Waals surface area (Å²) in [6.45, 7) is 6.56. The van der Waals surface area contributed by atoms with Crippen LogP contribution in [0.15, 0.2) is 60.7 Å². The molecule has 0 aromatic heterocycles. The van der Waals surface area contributed by atoms with Crippen LogP contribution in [-0.2, 0) is 0 Å². The third-order valence-corrected chi connectivity index (χ3v) is 3.56. The van der Waals surface area contributed by atoms with Crippen LogP contribution in [0.1, 0.15) is 33.1 Å². The molecule has 0 amide bonds. The van der Waals surface area contributed by atoms with Gasteiger partial charge in [0.2, 0.25) is 0 Å². The van der Waals surface area contributed by atoms with E-state index in [2.05, 4.69) is 84.5 Å². The molecule has 0 spiro atoms. The molecule has 2 aromatic rings. The lowest BCUT2D eigenvalue weighted by Gasteiger charge is -2.38. The standard InChI is InChI=1S/C19H26N2/c1-3-5-17-21(19-14-10-7-11-15-19)20(16-4-2)18-12-8-6-9-13-18/h6-15H,3-5,16-17H2,1-2H3. The minimum atomic E-state index is 1.03. The van der Waals surface area contributed by atoms with Gasteiger partial charge in [-0.2, -0.15) is 0 Å². The molecular weight excluding hydrogens is 256 g/mol. The highest BCUT2D eigenvalue weighted by molar-refractivity contribution is 5.57. The predicted molar refractivity (Wildman–Crippen MR) is 92.8 cm³/mol. The first-order valence-electron chi connectivity index (χ1n) is 8.02. The molecule has 0 saturated carbocycles. The van der Waals surface area contributed by atoms with Gasteiger partial charge >= 0.3 is 0 Å². The van der Waals surface area contributed by atoms with Crippen LogP contribution in [0, 0.1) is 0 Å². The normalized spacial score (nSPS) is 10.4. The molecule has 0 unspecified atom stereocenters. The maximum atomic E-state index is 2.42. The molecular formula is C19H26N2. The number of hydrogen-bond donors (Lipinski definition) is 0. The second kappa shape index (κ2) is 8.35. The van der Waals surface area contributed by atoms with Gasteiger partial charge in [0, 0.05) is 13.1 Å². The van der Waals surface area contributed by atoms with Crippen LogP contribution < -0.4 is 10.0 Å². The van der Waals surface area contributed by atoms with E-state index in [1.165, 1.54) is 24.2 Å². The monoisotopic (exact) mass is 282 g/mol. The van der Waals surface area contributed by atoms with E-state index in [9.17, 15) is 0 Å². The van der Waals surface area contributed by atoms with Crippen molar-refractivity contribution in [3.63, 3.8) is 0 Å². The van der Waals surface area contributed by atoms with E-state index in [0.717, 1.165) is 19.5 Å². The zero-order valence-corrected chi connectivity index (χ0v) is 13.2. The van der Waals surface area contributed by atoms with E-state index in [1.807, 2.05) is 0 Å². The van der Waals surface area contributed by atoms with Gasteiger partial charge in [0.25, 0.3) is 0 Å². The quantitative estimate of drug-likeness (QED) is 0.620. The summed E-state index contributed by atoms with van der Waals surface area (Å²) >= 11 is 0. The minimum absolute atomic E-state index is 1.03. The van der Waals surface area contributed by atoms with E-state index in [1.54, 1.807) is 0 Å². The Kier molecular flexibility index (Phi) is 6.14. The highest BCUT2D eigenvalue weighted by atomic mass is 15.6. The molecule has 0 fully saturated rings. The largest absolute Gasteiger partial charge is 0.285 e. The zero-order chi connectivity index (χ0) is 14.9. The van der Waals surface area contributed by atoms with Gasteiger partial charge in [0.15, 0.2) is 0 Å². The van der Waals surface area contributed by atoms with Crippen molar-refractivity contribution in [1.82, 2.24) is 0 Å². The fourth-order valence-electron chi connectivity index (χ4n) is 2.50. The summed E-state index contributed by atoms with van der Waals surface area (Å²) in [6.07, 6.45) is 3.53. The predicted octanol–water partition coefficient (Wildman–Crippen LogP) is 5.12. The average Bonchev–Trinajstić information content (AvgIpc) is 2.56. The molecule has 0 radical (unpaired) electrons. The number of para-hydroxylation sites is 2. The number of hydrogen-bond acceptors (Lipinski definition) is 2. The number of benzene rings is 2. The van der Waals surface area contributed by atoms with Crippen LogP contribution in [-0.4, -0.2) is 13.1 Å². The molecule has 0 aliphatic heterocycles. The van der Waals surface area contributed by atoms with E-state index < -0.39 is 0 Å². The molecule has 0 bridgehead atoms. The van der Waals surface area contributed by atoms with Crippen molar-refractivity contribution >= 4 is 11.4 Å². The molecule has 0 heterocycles. The summed E-state index contributed by atoms with van der Waals surface area (Å²) in [4.78, 5) is 0. The Hall–Kier alpha value is -1.96. The number of nitrogens with zero attached hydrogens (tertiary/aromatic N) is 2. The molecule has 2 rings (SSSR count). The summed E-state index contributed by atoms with van der Waals surface area (Å²) in [5.74, 6) is 0. The third kappa shape index (κ3) is 4.25. The Morgan fingerprint density at radius 3 is 1.52 bits per heavy atom. The van der Waals surface area contributed by atoms with E-state index in [4.69, 9.17) is 0 Å². The molecule has 0 aliphatic rings. The van der Waals surface area contributed by atoms with Crippen molar-refractivity contribution in [3.8, 4) is 0 Å². The van der Waals surface area contributed by atoms with Crippen LogP contribution >= 0.6 is 0 Å². The van der Waals surface area contributed by atoms with Gasteiger partial charge in [-0.05, 0) is 37.1 Å². The number of anilines is 2. The second-order valence-electron chi connectivity index (χ2n) is 5.27. The Bertz CT molecular complexity index is 495. The highest BCUT2D eigenvalue weighted by Crippen LogP contribution is 2.23. The Morgan fingerprint density at radius 1 is 0.619 bits per heavy atom. The van der Waals surface area contributed by atoms with Crippen LogP contribution in [0.4, 0.5) is 11.4 Å². The second-order valence-corrected chi connectivity index (χ2v) is 5.27. The number of rotatable bonds is 8. The Balaban J connectivity index is 2.31. The van der Waals surface area contributed by atoms with Crippen molar-refractivity contribution in [2.45, 2.75) is 33.1 Å². The maximum absolute atomic E-state index is 2.42. The highest BCUT2D eigenvalue weighted by Gasteiger charge is 2.15. The molecule has 21 heavy (non-hydrogen) atoms. The fraction of sp³-hybridized carbons (Fsp3) is 0.368. The van der Waals surface area contributed by atoms with Gasteiger partial charge in [-0.25, -0.2) is 0 Å². The van der Waals surface area contributed by atoms with E-state index in [-0.39, 0.29) is 0 Å². The van der Waals surface area contributed by atoms with Gasteiger partial charge in [0.05, 0.1) is 11.4 Å². The van der Waals surface area contributed by atoms with Crippen molar-refractivity contribution in [1.29, 1.82) is 0 Å². The SMILES string of the molecule is CCCCN(c1ccccc1)N(CCC)c1ccccc1. The van der Waals surface area contributed by atoms with Gasteiger partial charge in [-0.15, -0.1) is 0 Å². The van der Waals surface area contributed by atoms with Crippen LogP contribution in [0.5, 0.6) is 0 Å². The van der Waals surface area contributed by atoms with Gasteiger partial charge in [0.1, 0.15) is 0 Å². The van der Waals surface area contributed by atoms with Crippen LogP contribution in [0.25, 0.3) is 0 Å². The maximum Gasteiger partial charge on any atom is 0.0574 e. The molecule has 0 saturated heterocycles. The van der Waals surface area contributed by atoms with Crippen molar-refractivity contribution in [3.05, 3.63) is 60.7 Å². The van der Waals surface area contributed by atoms with Gasteiger partial charge < -0.3 is 0 Å². The van der Waals surface area contributed by atoms with Crippen molar-refractivity contribution in [2.24, 2.45) is 0 Å². The minimum Gasteiger partial charge on any atom is -0.285 e. The van der Waals surface area contributed by atoms with Gasteiger partial charge in [-0.1, -0.05) is 56.7 Å². The molecule has 112 valence electrons. The summed E-state index contributed by atoms with van der Waals surface area (Å²) in [7, 11) is 0. The lowest BCUT2D eigenvalue weighted by Crippen LogP contribution is -2.44. The molecule has 0 atom stereocenters. The van der Waals surface area contributed by atoms with E-state index in [0.29, 0.717) is 0 Å². The first kappa shape index (κ1) is 15.4. The Morgan fingerprint density at radius 2 is 1.10 bits per heavy atom. The summed E-state index contributed by atoms with van der Waals surface area (Å²) in [5.41, 5.74) is 2.53. The summed E-state index contributed by atoms with van der Waals surface area (Å²) in [5, 5.41) is 4.83. The lowest BCUT2D eigenvalue weighted by molar-refractivity contribution is 0.661. The molecule has 0 aliphatic carbocycles. The van der Waals surface area contributed by atoms with Crippen LogP contribution in [0.2, 0.25) is 0 Å². The lowest BCUT2D eigenvalue weighted by atomic mass is 10.2. The Labute approximate surface area is 129 Å². The van der Waals surface area contributed by atoms with Gasteiger partial charge in [-0.3, -0.25) is 10.0 Å². The fourth-order valence-corrected chi connectivity index (χ4v) is 2.50. The molecule has 2 nitrogen and oxygen atoms in total. The summed E-state index contributed by atoms with van der Waals surface area (Å²) < 4.78 is 0. The average molecular weight is 282 g/mol. The van der Waals surface area contributed by atoms with Crippen molar-refractivity contribution < 1.29 is 0 Å². The van der Waals surface area contributed by atoms with Crippen molar-refractivity contribution in [2.75, 3.05) is 23.1 Å². The zero-order valence-electron chi connectivity index (χ0n) is 13.2. The molecule has 0 N–H and O–H groups in total. The molecule has 2 aromatic carbocycles. The molecule has 2 heteroatoms. The first-order valence-corrected chi connectivity index (χ1v) is 8.02. The third-order valence-electron chi connectivity index (χ3n) is 3.56. The topological polar surface area (TPSA) is 6.48 Å². The summed E-state index contributed by atoms with van der Waals surface area (Å²) in [6, 6.07) is 21.4. The first-order chi connectivity index (χ1) is 10.4. The number of hydrazine groups is 1. The van der Waals surface area contributed by atoms with E-state index >= 15 is 0 Å². The van der Waals surface area contributed by atoms with Crippen LogP contribution in [0.3, 0.4) is 0 Å².